The molecule has 0 aliphatic rings. The van der Waals surface area contributed by atoms with E-state index < -0.39 is 47.3 Å². The molecular formula is C36H43N15O9. The summed E-state index contributed by atoms with van der Waals surface area (Å²) < 4.78 is 7.31. The Morgan fingerprint density at radius 2 is 1.12 bits per heavy atom. The summed E-state index contributed by atoms with van der Waals surface area (Å²) in [5.74, 6) is -4.68. The van der Waals surface area contributed by atoms with Gasteiger partial charge in [0.1, 0.15) is 11.4 Å². The van der Waals surface area contributed by atoms with Gasteiger partial charge in [-0.2, -0.15) is 0 Å². The molecule has 0 aliphatic carbocycles. The first-order chi connectivity index (χ1) is 28.5. The van der Waals surface area contributed by atoms with Crippen molar-refractivity contribution in [3.05, 3.63) is 78.2 Å². The number of aromatic nitrogens is 8. The average molecular weight is 830 g/mol. The van der Waals surface area contributed by atoms with Gasteiger partial charge in [-0.15, -0.1) is 0 Å². The van der Waals surface area contributed by atoms with Crippen molar-refractivity contribution < 1.29 is 43.5 Å². The van der Waals surface area contributed by atoms with Crippen LogP contribution in [0, 0.1) is 0 Å². The first kappa shape index (κ1) is 43.1. The normalized spacial score (nSPS) is 10.8. The number of carbonyl (C=O) groups excluding carboxylic acids is 7. The molecule has 0 aliphatic heterocycles. The van der Waals surface area contributed by atoms with Crippen molar-refractivity contribution in [3.8, 4) is 0 Å². The zero-order chi connectivity index (χ0) is 43.7. The highest BCUT2D eigenvalue weighted by Gasteiger charge is 2.22. The van der Waals surface area contributed by atoms with Gasteiger partial charge < -0.3 is 65.2 Å². The summed E-state index contributed by atoms with van der Waals surface area (Å²) in [6.45, 7) is -0.217. The van der Waals surface area contributed by atoms with E-state index in [2.05, 4.69) is 52.2 Å². The zero-order valence-electron chi connectivity index (χ0n) is 33.2. The third-order valence-corrected chi connectivity index (χ3v) is 8.65. The first-order valence-corrected chi connectivity index (χ1v) is 18.1. The van der Waals surface area contributed by atoms with Crippen LogP contribution in [0.15, 0.2) is 49.3 Å². The number of hydrogen-bond acceptors (Lipinski definition) is 11. The molecule has 5 rings (SSSR count). The highest BCUT2D eigenvalue weighted by Crippen LogP contribution is 2.19. The molecule has 0 bridgehead atoms. The van der Waals surface area contributed by atoms with Gasteiger partial charge in [0, 0.05) is 105 Å². The number of hydrogen-bond donors (Lipinski definition) is 8. The molecule has 24 nitrogen and oxygen atoms in total. The van der Waals surface area contributed by atoms with Crippen LogP contribution >= 0.6 is 0 Å². The topological polar surface area (TPSA) is 304 Å². The number of carboxylic acid groups (broad SMARTS) is 1. The van der Waals surface area contributed by atoms with Crippen molar-refractivity contribution in [2.45, 2.75) is 19.3 Å². The smallest absolute Gasteiger partial charge is 0.305 e. The van der Waals surface area contributed by atoms with E-state index in [1.165, 1.54) is 63.1 Å². The predicted molar refractivity (Wildman–Crippen MR) is 212 cm³/mol. The molecule has 0 saturated heterocycles. The van der Waals surface area contributed by atoms with Crippen LogP contribution in [0.25, 0.3) is 0 Å². The lowest BCUT2D eigenvalue weighted by molar-refractivity contribution is -0.136. The SMILES string of the molecule is Cn1cc(NC(=O)c2nccn2C)cc1C(=O)NCCC(=O)Nc1cn(C)c(C(=O)Nc2ccn(C)c2C(=O)NCCC(=O)Nc2cn(C)c(C(=O)NCCC(=O)O)n2)n1. The number of amides is 7. The molecule has 8 N–H and O–H groups in total. The molecule has 0 fully saturated rings. The second kappa shape index (κ2) is 18.9. The molecule has 5 heterocycles. The monoisotopic (exact) mass is 829 g/mol. The summed E-state index contributed by atoms with van der Waals surface area (Å²) in [6.07, 6.45) is 8.52. The Morgan fingerprint density at radius 1 is 0.567 bits per heavy atom. The summed E-state index contributed by atoms with van der Waals surface area (Å²) in [4.78, 5) is 112. The number of aryl methyl sites for hydroxylation is 5. The Morgan fingerprint density at radius 3 is 1.70 bits per heavy atom. The number of anilines is 4. The van der Waals surface area contributed by atoms with Gasteiger partial charge in [0.15, 0.2) is 17.5 Å². The number of imidazole rings is 3. The molecular weight excluding hydrogens is 786 g/mol. The van der Waals surface area contributed by atoms with E-state index in [1.807, 2.05) is 0 Å². The molecule has 5 aromatic rings. The molecule has 0 saturated carbocycles. The second-order valence-electron chi connectivity index (χ2n) is 13.3. The molecule has 0 aromatic carbocycles. The largest absolute Gasteiger partial charge is 0.481 e. The van der Waals surface area contributed by atoms with Gasteiger partial charge in [-0.05, 0) is 12.1 Å². The van der Waals surface area contributed by atoms with E-state index in [1.54, 1.807) is 44.3 Å². The number of nitrogens with zero attached hydrogens (tertiary/aromatic N) is 8. The van der Waals surface area contributed by atoms with Crippen molar-refractivity contribution in [1.82, 2.24) is 53.7 Å². The molecule has 60 heavy (non-hydrogen) atoms. The summed E-state index contributed by atoms with van der Waals surface area (Å²) >= 11 is 0. The predicted octanol–water partition coefficient (Wildman–Crippen LogP) is -0.210. The van der Waals surface area contributed by atoms with E-state index in [0.29, 0.717) is 5.69 Å². The number of carboxylic acids is 1. The highest BCUT2D eigenvalue weighted by atomic mass is 16.4. The summed E-state index contributed by atoms with van der Waals surface area (Å²) in [7, 11) is 7.97. The molecule has 0 radical (unpaired) electrons. The third-order valence-electron chi connectivity index (χ3n) is 8.65. The summed E-state index contributed by atoms with van der Waals surface area (Å²) in [5, 5.41) is 26.9. The van der Waals surface area contributed by atoms with E-state index >= 15 is 0 Å². The fourth-order valence-corrected chi connectivity index (χ4v) is 5.72. The van der Waals surface area contributed by atoms with E-state index in [0.717, 1.165) is 0 Å². The Labute approximate surface area is 340 Å². The van der Waals surface area contributed by atoms with E-state index in [4.69, 9.17) is 5.11 Å². The lowest BCUT2D eigenvalue weighted by Crippen LogP contribution is -2.30. The quantitative estimate of drug-likeness (QED) is 0.0569. The van der Waals surface area contributed by atoms with Crippen LogP contribution < -0.4 is 37.2 Å². The van der Waals surface area contributed by atoms with Crippen LogP contribution in [0.4, 0.5) is 23.0 Å². The van der Waals surface area contributed by atoms with Crippen LogP contribution in [0.2, 0.25) is 0 Å². The van der Waals surface area contributed by atoms with Gasteiger partial charge in [-0.3, -0.25) is 38.4 Å². The minimum atomic E-state index is -1.07. The molecule has 24 heteroatoms. The Bertz CT molecular complexity index is 2470. The van der Waals surface area contributed by atoms with Gasteiger partial charge in [-0.1, -0.05) is 0 Å². The molecule has 0 unspecified atom stereocenters. The first-order valence-electron chi connectivity index (χ1n) is 18.1. The zero-order valence-corrected chi connectivity index (χ0v) is 33.2. The lowest BCUT2D eigenvalue weighted by Gasteiger charge is -2.10. The van der Waals surface area contributed by atoms with Crippen LogP contribution in [-0.2, 0) is 49.6 Å². The molecule has 7 amide bonds. The Balaban J connectivity index is 1.07. The van der Waals surface area contributed by atoms with Gasteiger partial charge in [0.25, 0.3) is 29.5 Å². The van der Waals surface area contributed by atoms with Gasteiger partial charge in [0.05, 0.1) is 17.8 Å². The molecule has 5 aromatic heterocycles. The van der Waals surface area contributed by atoms with Crippen LogP contribution in [-0.4, -0.2) is 110 Å². The van der Waals surface area contributed by atoms with Crippen molar-refractivity contribution >= 4 is 70.3 Å². The second-order valence-corrected chi connectivity index (χ2v) is 13.3. The Kier molecular flexibility index (Phi) is 13.6. The fraction of sp³-hybridized carbons (Fsp3) is 0.306. The van der Waals surface area contributed by atoms with Crippen molar-refractivity contribution in [2.24, 2.45) is 35.2 Å². The third kappa shape index (κ3) is 10.9. The van der Waals surface area contributed by atoms with Gasteiger partial charge in [-0.25, -0.2) is 15.0 Å². The maximum atomic E-state index is 13.3. The van der Waals surface area contributed by atoms with Gasteiger partial charge in [0.2, 0.25) is 23.5 Å². The van der Waals surface area contributed by atoms with E-state index in [-0.39, 0.29) is 85.1 Å². The molecule has 0 atom stereocenters. The van der Waals surface area contributed by atoms with Crippen molar-refractivity contribution in [2.75, 3.05) is 40.9 Å². The number of carbonyl (C=O) groups is 8. The summed E-state index contributed by atoms with van der Waals surface area (Å²) in [6, 6.07) is 3.00. The summed E-state index contributed by atoms with van der Waals surface area (Å²) in [5.41, 5.74) is 0.858. The van der Waals surface area contributed by atoms with Crippen LogP contribution in [0.1, 0.15) is 72.1 Å². The fourth-order valence-electron chi connectivity index (χ4n) is 5.72. The van der Waals surface area contributed by atoms with E-state index in [9.17, 15) is 38.4 Å². The van der Waals surface area contributed by atoms with Crippen LogP contribution in [0.3, 0.4) is 0 Å². The minimum absolute atomic E-state index is 0.0293. The average Bonchev–Trinajstić information content (AvgIpc) is 4.00. The number of rotatable bonds is 18. The van der Waals surface area contributed by atoms with Crippen LogP contribution in [0.5, 0.6) is 0 Å². The number of aliphatic carboxylic acids is 1. The highest BCUT2D eigenvalue weighted by molar-refractivity contribution is 6.08. The lowest BCUT2D eigenvalue weighted by atomic mass is 10.3. The van der Waals surface area contributed by atoms with Crippen molar-refractivity contribution in [1.29, 1.82) is 0 Å². The maximum absolute atomic E-state index is 13.3. The minimum Gasteiger partial charge on any atom is -0.481 e. The molecule has 0 spiro atoms. The van der Waals surface area contributed by atoms with Crippen molar-refractivity contribution in [3.63, 3.8) is 0 Å². The standard InChI is InChI=1S/C36H43N15O9/c1-47-14-9-21(28(47)33(57)39-11-7-26(53)43-23-18-50(4)30(45-23)34(58)40-12-8-27(54)55)42-36(60)31-46-24(19-51(31)5)44-25(52)6-10-38-32(56)22-16-20(17-49(22)3)41-35(59)29-37-13-15-48(29)2/h9,13-19H,6-8,10-12H2,1-5H3,(H,38,56)(H,39,57)(H,40,58)(H,41,59)(H,42,60)(H,43,53)(H,44,52)(H,54,55). The Hall–Kier alpha value is -8.05. The van der Waals surface area contributed by atoms with Gasteiger partial charge >= 0.3 is 5.97 Å². The molecule has 316 valence electrons. The maximum Gasteiger partial charge on any atom is 0.305 e. The number of nitrogens with one attached hydrogen (secondary N) is 7.